The van der Waals surface area contributed by atoms with Gasteiger partial charge in [-0.2, -0.15) is 0 Å². The molecule has 1 fully saturated rings. The number of rotatable bonds is 7. The van der Waals surface area contributed by atoms with Crippen molar-refractivity contribution in [2.75, 3.05) is 32.9 Å². The minimum Gasteiger partial charge on any atom is -0.489 e. The van der Waals surface area contributed by atoms with Gasteiger partial charge < -0.3 is 9.64 Å². The van der Waals surface area contributed by atoms with Gasteiger partial charge in [-0.15, -0.1) is 0 Å². The number of benzene rings is 1. The van der Waals surface area contributed by atoms with Gasteiger partial charge in [0, 0.05) is 32.2 Å². The van der Waals surface area contributed by atoms with Crippen LogP contribution < -0.4 is 4.74 Å². The first kappa shape index (κ1) is 21.0. The van der Waals surface area contributed by atoms with Crippen molar-refractivity contribution in [1.82, 2.24) is 9.21 Å². The highest BCUT2D eigenvalue weighted by atomic mass is 35.5. The predicted octanol–water partition coefficient (Wildman–Crippen LogP) is 3.01. The summed E-state index contributed by atoms with van der Waals surface area (Å²) in [6.45, 7) is 3.69. The van der Waals surface area contributed by atoms with Crippen molar-refractivity contribution < 1.29 is 17.9 Å². The fourth-order valence-electron chi connectivity index (χ4n) is 2.91. The second kappa shape index (κ2) is 9.06. The summed E-state index contributed by atoms with van der Waals surface area (Å²) in [5.41, 5.74) is 0.535. The second-order valence-electron chi connectivity index (χ2n) is 6.70. The minimum absolute atomic E-state index is 0.0617. The SMILES string of the molecule is CCCCN(C)C(=O)c1ccc(OC2CCN(S(C)(=O)=O)CC2)c(Cl)c1. The van der Waals surface area contributed by atoms with Gasteiger partial charge in [-0.3, -0.25) is 4.79 Å². The number of nitrogens with zero attached hydrogens (tertiary/aromatic N) is 2. The van der Waals surface area contributed by atoms with Gasteiger partial charge in [0.1, 0.15) is 11.9 Å². The number of hydrogen-bond acceptors (Lipinski definition) is 4. The smallest absolute Gasteiger partial charge is 0.253 e. The fraction of sp³-hybridized carbons (Fsp3) is 0.611. The third-order valence-electron chi connectivity index (χ3n) is 4.54. The second-order valence-corrected chi connectivity index (χ2v) is 9.09. The van der Waals surface area contributed by atoms with Crippen LogP contribution in [0.5, 0.6) is 5.75 Å². The van der Waals surface area contributed by atoms with Crippen molar-refractivity contribution >= 4 is 27.5 Å². The van der Waals surface area contributed by atoms with E-state index in [9.17, 15) is 13.2 Å². The van der Waals surface area contributed by atoms with E-state index in [0.29, 0.717) is 48.8 Å². The van der Waals surface area contributed by atoms with Crippen molar-refractivity contribution in [3.8, 4) is 5.75 Å². The van der Waals surface area contributed by atoms with E-state index in [2.05, 4.69) is 6.92 Å². The zero-order chi connectivity index (χ0) is 19.3. The van der Waals surface area contributed by atoms with Crippen LogP contribution in [-0.4, -0.2) is 62.6 Å². The number of unbranched alkanes of at least 4 members (excludes halogenated alkanes) is 1. The highest BCUT2D eigenvalue weighted by Gasteiger charge is 2.26. The van der Waals surface area contributed by atoms with E-state index >= 15 is 0 Å². The molecule has 146 valence electrons. The normalized spacial score (nSPS) is 16.5. The molecule has 0 spiro atoms. The number of hydrogen-bond donors (Lipinski definition) is 0. The molecule has 1 aromatic rings. The molecule has 0 aromatic heterocycles. The molecule has 1 aromatic carbocycles. The van der Waals surface area contributed by atoms with Crippen LogP contribution in [0.1, 0.15) is 43.0 Å². The third kappa shape index (κ3) is 5.59. The molecule has 0 bridgehead atoms. The molecule has 0 aliphatic carbocycles. The number of piperidine rings is 1. The molecule has 0 radical (unpaired) electrons. The summed E-state index contributed by atoms with van der Waals surface area (Å²) in [6.07, 6.45) is 4.36. The molecule has 1 aliphatic heterocycles. The summed E-state index contributed by atoms with van der Waals surface area (Å²) in [5.74, 6) is 0.464. The minimum atomic E-state index is -3.15. The van der Waals surface area contributed by atoms with E-state index in [1.807, 2.05) is 0 Å². The van der Waals surface area contributed by atoms with Crippen molar-refractivity contribution in [2.45, 2.75) is 38.7 Å². The average Bonchev–Trinajstić information content (AvgIpc) is 2.60. The largest absolute Gasteiger partial charge is 0.489 e. The lowest BCUT2D eigenvalue weighted by atomic mass is 10.1. The van der Waals surface area contributed by atoms with Gasteiger partial charge in [0.25, 0.3) is 5.91 Å². The van der Waals surface area contributed by atoms with Gasteiger partial charge in [0.15, 0.2) is 0 Å². The molecular formula is C18H27ClN2O4S. The molecule has 0 atom stereocenters. The Morgan fingerprint density at radius 3 is 2.54 bits per heavy atom. The van der Waals surface area contributed by atoms with Gasteiger partial charge in [-0.1, -0.05) is 24.9 Å². The van der Waals surface area contributed by atoms with E-state index < -0.39 is 10.0 Å². The van der Waals surface area contributed by atoms with Crippen LogP contribution in [0.2, 0.25) is 5.02 Å². The van der Waals surface area contributed by atoms with Crippen LogP contribution in [0.4, 0.5) is 0 Å². The maximum atomic E-state index is 12.4. The highest BCUT2D eigenvalue weighted by Crippen LogP contribution is 2.29. The molecule has 0 unspecified atom stereocenters. The van der Waals surface area contributed by atoms with Gasteiger partial charge in [0.05, 0.1) is 11.3 Å². The molecule has 0 saturated carbocycles. The zero-order valence-corrected chi connectivity index (χ0v) is 17.1. The van der Waals surface area contributed by atoms with E-state index in [0.717, 1.165) is 12.8 Å². The predicted molar refractivity (Wildman–Crippen MR) is 103 cm³/mol. The monoisotopic (exact) mass is 402 g/mol. The Hall–Kier alpha value is -1.31. The molecule has 1 heterocycles. The molecule has 26 heavy (non-hydrogen) atoms. The van der Waals surface area contributed by atoms with Crippen molar-refractivity contribution in [1.29, 1.82) is 0 Å². The van der Waals surface area contributed by atoms with Crippen LogP contribution in [-0.2, 0) is 10.0 Å². The Balaban J connectivity index is 1.97. The van der Waals surface area contributed by atoms with Gasteiger partial charge in [-0.25, -0.2) is 12.7 Å². The first-order valence-electron chi connectivity index (χ1n) is 8.89. The molecular weight excluding hydrogens is 376 g/mol. The van der Waals surface area contributed by atoms with Crippen LogP contribution >= 0.6 is 11.6 Å². The van der Waals surface area contributed by atoms with Crippen molar-refractivity contribution in [3.63, 3.8) is 0 Å². The van der Waals surface area contributed by atoms with Gasteiger partial charge >= 0.3 is 0 Å². The number of sulfonamides is 1. The Bertz CT molecular complexity index is 731. The lowest BCUT2D eigenvalue weighted by molar-refractivity contribution is 0.0793. The first-order valence-corrected chi connectivity index (χ1v) is 11.1. The Morgan fingerprint density at radius 1 is 1.35 bits per heavy atom. The lowest BCUT2D eigenvalue weighted by Crippen LogP contribution is -2.41. The summed E-state index contributed by atoms with van der Waals surface area (Å²) in [7, 11) is -1.37. The molecule has 8 heteroatoms. The van der Waals surface area contributed by atoms with E-state index in [1.165, 1.54) is 10.6 Å². The summed E-state index contributed by atoms with van der Waals surface area (Å²) in [6, 6.07) is 5.07. The van der Waals surface area contributed by atoms with Gasteiger partial charge in [0.2, 0.25) is 10.0 Å². The summed E-state index contributed by atoms with van der Waals surface area (Å²) in [4.78, 5) is 14.1. The van der Waals surface area contributed by atoms with Crippen molar-refractivity contribution in [2.24, 2.45) is 0 Å². The Kier molecular flexibility index (Phi) is 7.32. The van der Waals surface area contributed by atoms with Crippen LogP contribution in [0.3, 0.4) is 0 Å². The number of halogens is 1. The Morgan fingerprint density at radius 2 is 2.00 bits per heavy atom. The maximum Gasteiger partial charge on any atom is 0.253 e. The maximum absolute atomic E-state index is 12.4. The van der Waals surface area contributed by atoms with Crippen LogP contribution in [0.25, 0.3) is 0 Å². The zero-order valence-electron chi connectivity index (χ0n) is 15.6. The third-order valence-corrected chi connectivity index (χ3v) is 6.13. The van der Waals surface area contributed by atoms with Crippen molar-refractivity contribution in [3.05, 3.63) is 28.8 Å². The number of carbonyl (C=O) groups excluding carboxylic acids is 1. The molecule has 1 saturated heterocycles. The number of amides is 1. The lowest BCUT2D eigenvalue weighted by Gasteiger charge is -2.30. The van der Waals surface area contributed by atoms with E-state index in [4.69, 9.17) is 16.3 Å². The summed E-state index contributed by atoms with van der Waals surface area (Å²) < 4.78 is 30.5. The molecule has 1 aliphatic rings. The quantitative estimate of drug-likeness (QED) is 0.703. The highest BCUT2D eigenvalue weighted by molar-refractivity contribution is 7.88. The van der Waals surface area contributed by atoms with Crippen LogP contribution in [0.15, 0.2) is 18.2 Å². The first-order chi connectivity index (χ1) is 12.2. The summed E-state index contributed by atoms with van der Waals surface area (Å²) >= 11 is 6.30. The standard InChI is InChI=1S/C18H27ClN2O4S/c1-4-5-10-20(2)18(22)14-6-7-17(16(19)13-14)25-15-8-11-21(12-9-15)26(3,23)24/h6-7,13,15H,4-5,8-12H2,1-3H3. The number of ether oxygens (including phenoxy) is 1. The van der Waals surface area contributed by atoms with Gasteiger partial charge in [-0.05, 0) is 37.5 Å². The fourth-order valence-corrected chi connectivity index (χ4v) is 4.01. The molecule has 6 nitrogen and oxygen atoms in total. The molecule has 0 N–H and O–H groups in total. The van der Waals surface area contributed by atoms with Crippen LogP contribution in [0, 0.1) is 0 Å². The molecule has 2 rings (SSSR count). The van der Waals surface area contributed by atoms with E-state index in [-0.39, 0.29) is 12.0 Å². The molecule has 1 amide bonds. The summed E-state index contributed by atoms with van der Waals surface area (Å²) in [5, 5.41) is 0.394. The Labute approximate surface area is 161 Å². The average molecular weight is 403 g/mol. The number of carbonyl (C=O) groups is 1. The topological polar surface area (TPSA) is 66.9 Å². The van der Waals surface area contributed by atoms with E-state index in [1.54, 1.807) is 30.1 Å².